The number of carbonyl (C=O) groups excluding carboxylic acids is 2. The highest BCUT2D eigenvalue weighted by atomic mass is 35.5. The molecule has 1 fully saturated rings. The van der Waals surface area contributed by atoms with Gasteiger partial charge in [0.15, 0.2) is 0 Å². The van der Waals surface area contributed by atoms with Crippen molar-refractivity contribution in [3.05, 3.63) is 95.3 Å². The summed E-state index contributed by atoms with van der Waals surface area (Å²) in [6, 6.07) is 24.8. The number of likely N-dealkylation sites (tertiary alicyclic amines) is 1. The summed E-state index contributed by atoms with van der Waals surface area (Å²) < 4.78 is 1.93. The van der Waals surface area contributed by atoms with Crippen molar-refractivity contribution in [1.29, 1.82) is 0 Å². The van der Waals surface area contributed by atoms with Gasteiger partial charge in [-0.2, -0.15) is 0 Å². The highest BCUT2D eigenvalue weighted by Crippen LogP contribution is 2.31. The quantitative estimate of drug-likeness (QED) is 0.449. The highest BCUT2D eigenvalue weighted by Gasteiger charge is 2.34. The van der Waals surface area contributed by atoms with Crippen molar-refractivity contribution in [2.75, 3.05) is 11.9 Å². The van der Waals surface area contributed by atoms with Crippen LogP contribution in [-0.2, 0) is 22.7 Å². The smallest absolute Gasteiger partial charge is 0.244 e. The lowest BCUT2D eigenvalue weighted by Gasteiger charge is -2.17. The molecule has 166 valence electrons. The van der Waals surface area contributed by atoms with E-state index in [2.05, 4.69) is 5.32 Å². The number of anilines is 1. The zero-order valence-corrected chi connectivity index (χ0v) is 18.7. The molecule has 3 aromatic carbocycles. The Kier molecular flexibility index (Phi) is 5.84. The van der Waals surface area contributed by atoms with Gasteiger partial charge in [0.05, 0.1) is 11.0 Å². The molecule has 1 aromatic heterocycles. The fraction of sp³-hybridized carbons (Fsp3) is 0.192. The zero-order valence-electron chi connectivity index (χ0n) is 17.9. The number of hydrogen-bond donors (Lipinski definition) is 1. The second kappa shape index (κ2) is 9.08. The molecule has 1 saturated heterocycles. The average Bonchev–Trinajstić information content (AvgIpc) is 3.35. The lowest BCUT2D eigenvalue weighted by molar-refractivity contribution is -0.128. The van der Waals surface area contributed by atoms with Gasteiger partial charge >= 0.3 is 0 Å². The first-order chi connectivity index (χ1) is 16.1. The van der Waals surface area contributed by atoms with Crippen LogP contribution in [0.4, 0.5) is 5.69 Å². The lowest BCUT2D eigenvalue weighted by Crippen LogP contribution is -2.25. The van der Waals surface area contributed by atoms with Gasteiger partial charge in [0, 0.05) is 36.1 Å². The topological polar surface area (TPSA) is 67.2 Å². The average molecular weight is 459 g/mol. The van der Waals surface area contributed by atoms with Crippen LogP contribution in [0.2, 0.25) is 5.02 Å². The Hall–Kier alpha value is -3.64. The fourth-order valence-electron chi connectivity index (χ4n) is 4.38. The van der Waals surface area contributed by atoms with Gasteiger partial charge in [-0.1, -0.05) is 60.1 Å². The largest absolute Gasteiger partial charge is 0.338 e. The molecular formula is C26H23ClN4O2. The van der Waals surface area contributed by atoms with Crippen molar-refractivity contribution in [3.63, 3.8) is 0 Å². The number of aromatic nitrogens is 2. The Morgan fingerprint density at radius 1 is 1.03 bits per heavy atom. The maximum absolute atomic E-state index is 12.9. The predicted octanol–water partition coefficient (Wildman–Crippen LogP) is 4.84. The highest BCUT2D eigenvalue weighted by molar-refractivity contribution is 6.30. The second-order valence-electron chi connectivity index (χ2n) is 8.26. The second-order valence-corrected chi connectivity index (χ2v) is 8.70. The van der Waals surface area contributed by atoms with E-state index in [9.17, 15) is 9.59 Å². The van der Waals surface area contributed by atoms with Crippen molar-refractivity contribution >= 4 is 40.1 Å². The van der Waals surface area contributed by atoms with Crippen molar-refractivity contribution in [1.82, 2.24) is 14.5 Å². The Morgan fingerprint density at radius 2 is 1.82 bits per heavy atom. The van der Waals surface area contributed by atoms with E-state index in [1.54, 1.807) is 24.3 Å². The summed E-state index contributed by atoms with van der Waals surface area (Å²) in [5.41, 5.74) is 3.43. The summed E-state index contributed by atoms with van der Waals surface area (Å²) in [5.74, 6) is 0.618. The Morgan fingerprint density at radius 3 is 2.64 bits per heavy atom. The number of rotatable bonds is 6. The van der Waals surface area contributed by atoms with Gasteiger partial charge in [0.25, 0.3) is 0 Å². The van der Waals surface area contributed by atoms with E-state index in [0.29, 0.717) is 30.2 Å². The Bertz CT molecular complexity index is 1320. The number of halogens is 1. The van der Waals surface area contributed by atoms with Crippen LogP contribution in [0.1, 0.15) is 23.7 Å². The van der Waals surface area contributed by atoms with Crippen LogP contribution in [-0.4, -0.2) is 32.8 Å². The zero-order chi connectivity index (χ0) is 22.8. The maximum Gasteiger partial charge on any atom is 0.244 e. The fourth-order valence-corrected chi connectivity index (χ4v) is 4.57. The molecule has 6 nitrogen and oxygen atoms in total. The molecule has 1 atom stereocenters. The minimum atomic E-state index is -0.174. The van der Waals surface area contributed by atoms with Crippen molar-refractivity contribution in [2.24, 2.45) is 0 Å². The van der Waals surface area contributed by atoms with Crippen LogP contribution in [0.3, 0.4) is 0 Å². The number of carbonyl (C=O) groups is 2. The molecule has 5 rings (SSSR count). The van der Waals surface area contributed by atoms with Crippen molar-refractivity contribution < 1.29 is 9.59 Å². The molecule has 1 unspecified atom stereocenters. The van der Waals surface area contributed by atoms with Crippen LogP contribution in [0, 0.1) is 0 Å². The maximum atomic E-state index is 12.9. The predicted molar refractivity (Wildman–Crippen MR) is 129 cm³/mol. The van der Waals surface area contributed by atoms with Crippen LogP contribution >= 0.6 is 11.6 Å². The normalized spacial score (nSPS) is 15.8. The van der Waals surface area contributed by atoms with E-state index in [4.69, 9.17) is 16.6 Å². The summed E-state index contributed by atoms with van der Waals surface area (Å²) in [6.45, 7) is 1.25. The van der Waals surface area contributed by atoms with Gasteiger partial charge < -0.3 is 14.8 Å². The van der Waals surface area contributed by atoms with E-state index in [1.165, 1.54) is 0 Å². The molecule has 1 N–H and O–H groups in total. The monoisotopic (exact) mass is 458 g/mol. The van der Waals surface area contributed by atoms with E-state index >= 15 is 0 Å². The third kappa shape index (κ3) is 4.61. The molecule has 4 aromatic rings. The molecule has 33 heavy (non-hydrogen) atoms. The first-order valence-corrected chi connectivity index (χ1v) is 11.3. The summed E-state index contributed by atoms with van der Waals surface area (Å²) in [7, 11) is 0. The molecule has 2 amide bonds. The molecule has 1 aliphatic heterocycles. The van der Waals surface area contributed by atoms with Gasteiger partial charge in [-0.05, 0) is 35.9 Å². The number of fused-ring (bicyclic) bond motifs is 1. The third-order valence-electron chi connectivity index (χ3n) is 5.89. The molecule has 2 heterocycles. The summed E-state index contributed by atoms with van der Waals surface area (Å²) in [5, 5.41) is 3.46. The van der Waals surface area contributed by atoms with Crippen LogP contribution in [0.25, 0.3) is 11.0 Å². The number of nitrogens with zero attached hydrogens (tertiary/aromatic N) is 3. The van der Waals surface area contributed by atoms with Gasteiger partial charge in [0.1, 0.15) is 12.4 Å². The molecule has 1 aliphatic rings. The van der Waals surface area contributed by atoms with Gasteiger partial charge in [-0.3, -0.25) is 9.59 Å². The third-order valence-corrected chi connectivity index (χ3v) is 6.13. The minimum Gasteiger partial charge on any atom is -0.338 e. The van der Waals surface area contributed by atoms with E-state index in [-0.39, 0.29) is 24.3 Å². The molecule has 0 bridgehead atoms. The number of benzene rings is 3. The summed E-state index contributed by atoms with van der Waals surface area (Å²) in [4.78, 5) is 32.4. The summed E-state index contributed by atoms with van der Waals surface area (Å²) in [6.07, 6.45) is 0.381. The molecular weight excluding hydrogens is 436 g/mol. The first kappa shape index (κ1) is 21.2. The first-order valence-electron chi connectivity index (χ1n) is 10.9. The van der Waals surface area contributed by atoms with E-state index in [0.717, 1.165) is 22.4 Å². The molecule has 7 heteroatoms. The summed E-state index contributed by atoms with van der Waals surface area (Å²) >= 11 is 6.04. The van der Waals surface area contributed by atoms with Crippen LogP contribution < -0.4 is 5.32 Å². The molecule has 0 saturated carbocycles. The van der Waals surface area contributed by atoms with E-state index in [1.807, 2.05) is 64.1 Å². The van der Waals surface area contributed by atoms with Gasteiger partial charge in [0.2, 0.25) is 11.8 Å². The number of hydrogen-bond acceptors (Lipinski definition) is 3. The molecule has 0 radical (unpaired) electrons. The van der Waals surface area contributed by atoms with Crippen molar-refractivity contribution in [3.8, 4) is 0 Å². The van der Waals surface area contributed by atoms with Crippen molar-refractivity contribution in [2.45, 2.75) is 25.4 Å². The standard InChI is InChI=1S/C26H23ClN4O2/c27-20-9-6-10-21(14-20)28-24(32)17-31-23-12-5-4-11-22(23)29-26(31)19-13-25(33)30(16-19)15-18-7-2-1-3-8-18/h1-12,14,19H,13,15-17H2,(H,28,32). The number of imidazole rings is 1. The Labute approximate surface area is 196 Å². The number of para-hydroxylation sites is 2. The Balaban J connectivity index is 1.40. The number of amides is 2. The van der Waals surface area contributed by atoms with Gasteiger partial charge in [-0.25, -0.2) is 4.98 Å². The van der Waals surface area contributed by atoms with E-state index < -0.39 is 0 Å². The molecule has 0 aliphatic carbocycles. The molecule has 0 spiro atoms. The number of nitrogens with one attached hydrogen (secondary N) is 1. The SMILES string of the molecule is O=C(Cn1c(C2CC(=O)N(Cc3ccccc3)C2)nc2ccccc21)Nc1cccc(Cl)c1. The van der Waals surface area contributed by atoms with Crippen LogP contribution in [0.15, 0.2) is 78.9 Å². The minimum absolute atomic E-state index is 0.0763. The lowest BCUT2D eigenvalue weighted by atomic mass is 10.1. The van der Waals surface area contributed by atoms with Gasteiger partial charge in [-0.15, -0.1) is 0 Å². The van der Waals surface area contributed by atoms with Crippen LogP contribution in [0.5, 0.6) is 0 Å².